The lowest BCUT2D eigenvalue weighted by atomic mass is 10.2. The van der Waals surface area contributed by atoms with Crippen LogP contribution in [0.3, 0.4) is 0 Å². The molecule has 0 aromatic carbocycles. The van der Waals surface area contributed by atoms with Crippen LogP contribution in [0.15, 0.2) is 12.1 Å². The summed E-state index contributed by atoms with van der Waals surface area (Å²) in [6.45, 7) is 3.98. The highest BCUT2D eigenvalue weighted by Crippen LogP contribution is 2.19. The number of unbranched alkanes of at least 4 members (excludes halogenated alkanes) is 1. The van der Waals surface area contributed by atoms with Gasteiger partial charge >= 0.3 is 0 Å². The predicted octanol–water partition coefficient (Wildman–Crippen LogP) is 2.40. The van der Waals surface area contributed by atoms with Gasteiger partial charge < -0.3 is 5.32 Å². The molecule has 1 amide bonds. The number of carbonyl (C=O) groups excluding carboxylic acids is 1. The number of hydrogen-bond acceptors (Lipinski definition) is 3. The van der Waals surface area contributed by atoms with E-state index in [1.165, 1.54) is 0 Å². The summed E-state index contributed by atoms with van der Waals surface area (Å²) in [7, 11) is 0. The fourth-order valence-corrected chi connectivity index (χ4v) is 1.63. The van der Waals surface area contributed by atoms with Gasteiger partial charge in [0.15, 0.2) is 11.5 Å². The molecule has 0 aliphatic carbocycles. The standard InChI is InChI=1S/C12H16N4O/c1-3-4-5-10(17)14-12-9-7-6-8(2)13-11(9)15-16-12/h6-7H,3-5H2,1-2H3,(H2,13,14,15,16,17). The average molecular weight is 232 g/mol. The zero-order chi connectivity index (χ0) is 12.3. The first kappa shape index (κ1) is 11.6. The number of hydrogen-bond donors (Lipinski definition) is 2. The number of pyridine rings is 1. The zero-order valence-electron chi connectivity index (χ0n) is 10.1. The van der Waals surface area contributed by atoms with Gasteiger partial charge in [-0.25, -0.2) is 4.98 Å². The molecule has 5 heteroatoms. The van der Waals surface area contributed by atoms with Crippen molar-refractivity contribution in [2.75, 3.05) is 5.32 Å². The van der Waals surface area contributed by atoms with E-state index < -0.39 is 0 Å². The van der Waals surface area contributed by atoms with Gasteiger partial charge in [-0.15, -0.1) is 0 Å². The van der Waals surface area contributed by atoms with Crippen molar-refractivity contribution in [1.29, 1.82) is 0 Å². The Hall–Kier alpha value is -1.91. The van der Waals surface area contributed by atoms with Crippen molar-refractivity contribution >= 4 is 22.8 Å². The van der Waals surface area contributed by atoms with Gasteiger partial charge in [0.1, 0.15) is 0 Å². The third kappa shape index (κ3) is 2.61. The van der Waals surface area contributed by atoms with Crippen LogP contribution in [0.2, 0.25) is 0 Å². The summed E-state index contributed by atoms with van der Waals surface area (Å²) in [6.07, 6.45) is 2.44. The first-order chi connectivity index (χ1) is 8.20. The number of aryl methyl sites for hydroxylation is 1. The number of aromatic nitrogens is 3. The summed E-state index contributed by atoms with van der Waals surface area (Å²) in [5.41, 5.74) is 1.63. The zero-order valence-corrected chi connectivity index (χ0v) is 10.1. The molecule has 2 aromatic heterocycles. The Morgan fingerprint density at radius 2 is 2.29 bits per heavy atom. The first-order valence-corrected chi connectivity index (χ1v) is 5.82. The fourth-order valence-electron chi connectivity index (χ4n) is 1.63. The summed E-state index contributed by atoms with van der Waals surface area (Å²) in [4.78, 5) is 15.9. The minimum Gasteiger partial charge on any atom is -0.309 e. The number of H-pyrrole nitrogens is 1. The van der Waals surface area contributed by atoms with Crippen molar-refractivity contribution in [3.05, 3.63) is 17.8 Å². The lowest BCUT2D eigenvalue weighted by molar-refractivity contribution is -0.116. The highest BCUT2D eigenvalue weighted by Gasteiger charge is 2.09. The maximum atomic E-state index is 11.6. The molecule has 0 saturated heterocycles. The Labute approximate surface area is 99.6 Å². The van der Waals surface area contributed by atoms with Crippen LogP contribution in [0.4, 0.5) is 5.82 Å². The fraction of sp³-hybridized carbons (Fsp3) is 0.417. The molecule has 0 saturated carbocycles. The molecule has 5 nitrogen and oxygen atoms in total. The number of amides is 1. The first-order valence-electron chi connectivity index (χ1n) is 5.82. The van der Waals surface area contributed by atoms with Crippen molar-refractivity contribution in [3.63, 3.8) is 0 Å². The minimum atomic E-state index is 0.000764. The number of fused-ring (bicyclic) bond motifs is 1. The van der Waals surface area contributed by atoms with Gasteiger partial charge in [-0.05, 0) is 25.5 Å². The van der Waals surface area contributed by atoms with Gasteiger partial charge in [-0.3, -0.25) is 9.89 Å². The molecule has 0 fully saturated rings. The lowest BCUT2D eigenvalue weighted by Gasteiger charge is -2.01. The Balaban J connectivity index is 2.16. The highest BCUT2D eigenvalue weighted by molar-refractivity contribution is 5.98. The smallest absolute Gasteiger partial charge is 0.225 e. The van der Waals surface area contributed by atoms with Gasteiger partial charge in [0, 0.05) is 12.1 Å². The third-order valence-corrected chi connectivity index (χ3v) is 2.58. The Bertz CT molecular complexity index is 532. The van der Waals surface area contributed by atoms with Crippen LogP contribution >= 0.6 is 0 Å². The summed E-state index contributed by atoms with van der Waals surface area (Å²) < 4.78 is 0. The third-order valence-electron chi connectivity index (χ3n) is 2.58. The molecule has 2 rings (SSSR count). The molecule has 2 heterocycles. The van der Waals surface area contributed by atoms with Crippen LogP contribution in [0.25, 0.3) is 11.0 Å². The van der Waals surface area contributed by atoms with Gasteiger partial charge in [0.25, 0.3) is 0 Å². The molecule has 0 unspecified atom stereocenters. The molecule has 17 heavy (non-hydrogen) atoms. The van der Waals surface area contributed by atoms with Crippen LogP contribution in [0, 0.1) is 6.92 Å². The van der Waals surface area contributed by atoms with E-state index in [-0.39, 0.29) is 5.91 Å². The van der Waals surface area contributed by atoms with E-state index in [1.54, 1.807) is 0 Å². The van der Waals surface area contributed by atoms with E-state index in [1.807, 2.05) is 19.1 Å². The van der Waals surface area contributed by atoms with E-state index in [0.717, 1.165) is 23.9 Å². The molecular weight excluding hydrogens is 216 g/mol. The Morgan fingerprint density at radius 3 is 3.06 bits per heavy atom. The van der Waals surface area contributed by atoms with Crippen LogP contribution in [-0.2, 0) is 4.79 Å². The second-order valence-corrected chi connectivity index (χ2v) is 4.07. The van der Waals surface area contributed by atoms with Crippen molar-refractivity contribution in [2.24, 2.45) is 0 Å². The van der Waals surface area contributed by atoms with Crippen molar-refractivity contribution < 1.29 is 4.79 Å². The van der Waals surface area contributed by atoms with E-state index >= 15 is 0 Å². The monoisotopic (exact) mass is 232 g/mol. The van der Waals surface area contributed by atoms with Crippen LogP contribution in [0.1, 0.15) is 31.9 Å². The van der Waals surface area contributed by atoms with Gasteiger partial charge in [0.05, 0.1) is 5.39 Å². The molecule has 2 N–H and O–H groups in total. The summed E-state index contributed by atoms with van der Waals surface area (Å²) >= 11 is 0. The SMILES string of the molecule is CCCCC(=O)Nc1n[nH]c2nc(C)ccc12. The predicted molar refractivity (Wildman–Crippen MR) is 66.8 cm³/mol. The molecule has 0 atom stereocenters. The molecule has 0 aliphatic rings. The van der Waals surface area contributed by atoms with Crippen molar-refractivity contribution in [1.82, 2.24) is 15.2 Å². The minimum absolute atomic E-state index is 0.000764. The van der Waals surface area contributed by atoms with Crippen LogP contribution in [0.5, 0.6) is 0 Å². The van der Waals surface area contributed by atoms with Crippen molar-refractivity contribution in [3.8, 4) is 0 Å². The van der Waals surface area contributed by atoms with Gasteiger partial charge in [-0.2, -0.15) is 5.10 Å². The van der Waals surface area contributed by atoms with E-state index in [0.29, 0.717) is 17.9 Å². The number of rotatable bonds is 4. The van der Waals surface area contributed by atoms with Gasteiger partial charge in [-0.1, -0.05) is 13.3 Å². The van der Waals surface area contributed by atoms with E-state index in [4.69, 9.17) is 0 Å². The maximum Gasteiger partial charge on any atom is 0.225 e. The summed E-state index contributed by atoms with van der Waals surface area (Å²) in [6, 6.07) is 3.82. The van der Waals surface area contributed by atoms with Crippen LogP contribution in [-0.4, -0.2) is 21.1 Å². The second-order valence-electron chi connectivity index (χ2n) is 4.07. The molecule has 0 radical (unpaired) electrons. The number of anilines is 1. The van der Waals surface area contributed by atoms with Crippen molar-refractivity contribution in [2.45, 2.75) is 33.1 Å². The molecule has 0 aliphatic heterocycles. The number of nitrogens with one attached hydrogen (secondary N) is 2. The number of nitrogens with zero attached hydrogens (tertiary/aromatic N) is 2. The second kappa shape index (κ2) is 4.95. The van der Waals surface area contributed by atoms with Gasteiger partial charge in [0.2, 0.25) is 5.91 Å². The topological polar surface area (TPSA) is 70.7 Å². The average Bonchev–Trinajstić information content (AvgIpc) is 2.69. The molecule has 0 spiro atoms. The molecular formula is C12H16N4O. The summed E-state index contributed by atoms with van der Waals surface area (Å²) in [5.74, 6) is 0.564. The molecule has 0 bridgehead atoms. The Morgan fingerprint density at radius 1 is 1.47 bits per heavy atom. The Kier molecular flexibility index (Phi) is 3.37. The normalized spacial score (nSPS) is 10.7. The van der Waals surface area contributed by atoms with E-state index in [9.17, 15) is 4.79 Å². The largest absolute Gasteiger partial charge is 0.309 e. The number of carbonyl (C=O) groups is 1. The van der Waals surface area contributed by atoms with Crippen LogP contribution < -0.4 is 5.32 Å². The molecule has 90 valence electrons. The highest BCUT2D eigenvalue weighted by atomic mass is 16.1. The number of aromatic amines is 1. The van der Waals surface area contributed by atoms with E-state index in [2.05, 4.69) is 27.4 Å². The lowest BCUT2D eigenvalue weighted by Crippen LogP contribution is -2.11. The summed E-state index contributed by atoms with van der Waals surface area (Å²) in [5, 5.41) is 10.5. The maximum absolute atomic E-state index is 11.6. The quantitative estimate of drug-likeness (QED) is 0.850. The molecule has 2 aromatic rings.